The number of piperazine rings is 1. The van der Waals surface area contributed by atoms with Crippen molar-refractivity contribution >= 4 is 27.6 Å². The topological polar surface area (TPSA) is 86.6 Å². The second kappa shape index (κ2) is 10.4. The van der Waals surface area contributed by atoms with Gasteiger partial charge in [0.15, 0.2) is 5.82 Å². The number of fused-ring (bicyclic) bond motifs is 4. The Hall–Kier alpha value is -4.44. The molecule has 1 aliphatic carbocycles. The van der Waals surface area contributed by atoms with Crippen molar-refractivity contribution in [3.63, 3.8) is 0 Å². The van der Waals surface area contributed by atoms with Crippen molar-refractivity contribution in [2.75, 3.05) is 45.2 Å². The van der Waals surface area contributed by atoms with Crippen molar-refractivity contribution in [1.82, 2.24) is 25.2 Å². The summed E-state index contributed by atoms with van der Waals surface area (Å²) in [5.74, 6) is 5.46. The molecule has 3 aliphatic rings. The van der Waals surface area contributed by atoms with Gasteiger partial charge in [0.1, 0.15) is 22.6 Å². The van der Waals surface area contributed by atoms with Gasteiger partial charge in [0.05, 0.1) is 17.7 Å². The highest BCUT2D eigenvalue weighted by molar-refractivity contribution is 6.05. The molecule has 9 heteroatoms. The Morgan fingerprint density at radius 1 is 1.07 bits per heavy atom. The highest BCUT2D eigenvalue weighted by atomic mass is 19.1. The molecular formula is C34H33FN6O2. The van der Waals surface area contributed by atoms with Crippen molar-refractivity contribution in [2.24, 2.45) is 5.41 Å². The minimum absolute atomic E-state index is 0.000498. The largest absolute Gasteiger partial charge is 0.508 e. The van der Waals surface area contributed by atoms with Crippen LogP contribution in [0.2, 0.25) is 0 Å². The lowest BCUT2D eigenvalue weighted by atomic mass is 9.92. The molecule has 2 N–H and O–H groups in total. The van der Waals surface area contributed by atoms with Crippen molar-refractivity contribution in [3.05, 3.63) is 47.4 Å². The monoisotopic (exact) mass is 576 g/mol. The van der Waals surface area contributed by atoms with Gasteiger partial charge in [-0.25, -0.2) is 9.37 Å². The fourth-order valence-corrected chi connectivity index (χ4v) is 6.83. The molecule has 3 fully saturated rings. The van der Waals surface area contributed by atoms with Gasteiger partial charge in [-0.15, -0.1) is 12.8 Å². The van der Waals surface area contributed by atoms with E-state index in [1.807, 2.05) is 0 Å². The molecule has 7 rings (SSSR count). The Kier molecular flexibility index (Phi) is 6.61. The number of pyridine rings is 1. The maximum Gasteiger partial charge on any atom is 0.319 e. The van der Waals surface area contributed by atoms with Gasteiger partial charge in [0, 0.05) is 54.3 Å². The van der Waals surface area contributed by atoms with E-state index in [0.717, 1.165) is 45.3 Å². The fourth-order valence-electron chi connectivity index (χ4n) is 6.83. The van der Waals surface area contributed by atoms with Crippen molar-refractivity contribution < 1.29 is 14.2 Å². The predicted octanol–water partition coefficient (Wildman–Crippen LogP) is 4.31. The van der Waals surface area contributed by atoms with Crippen molar-refractivity contribution in [3.8, 4) is 47.6 Å². The molecule has 2 aliphatic heterocycles. The number of halogens is 1. The number of phenols is 1. The average Bonchev–Trinajstić information content (AvgIpc) is 3.67. The van der Waals surface area contributed by atoms with E-state index >= 15 is 0 Å². The van der Waals surface area contributed by atoms with E-state index in [1.54, 1.807) is 18.3 Å². The first-order chi connectivity index (χ1) is 20.8. The summed E-state index contributed by atoms with van der Waals surface area (Å²) < 4.78 is 21.2. The Labute approximate surface area is 250 Å². The van der Waals surface area contributed by atoms with Gasteiger partial charge >= 0.3 is 6.01 Å². The van der Waals surface area contributed by atoms with Gasteiger partial charge in [0.25, 0.3) is 0 Å². The molecule has 2 aromatic heterocycles. The molecule has 4 aromatic rings. The van der Waals surface area contributed by atoms with Gasteiger partial charge in [0.2, 0.25) is 0 Å². The number of terminal acetylenes is 2. The molecule has 43 heavy (non-hydrogen) atoms. The quantitative estimate of drug-likeness (QED) is 0.315. The van der Waals surface area contributed by atoms with Gasteiger partial charge in [-0.2, -0.15) is 9.97 Å². The van der Waals surface area contributed by atoms with E-state index in [-0.39, 0.29) is 22.7 Å². The summed E-state index contributed by atoms with van der Waals surface area (Å²) in [4.78, 5) is 19.0. The molecular weight excluding hydrogens is 543 g/mol. The van der Waals surface area contributed by atoms with E-state index in [4.69, 9.17) is 32.5 Å². The molecule has 2 atom stereocenters. The van der Waals surface area contributed by atoms with E-state index in [0.29, 0.717) is 63.0 Å². The van der Waals surface area contributed by atoms with Crippen LogP contribution >= 0.6 is 0 Å². The standard InChI is InChI=1S/C34H33FN6O2/c1-5-24-27(26-14-23(42)13-20-7-10-28(35)25(6-2)29(20)26)15-36-31-30(24)38-33(43-19-34(11-12-34)18-40(3)4)39-32(31)41-16-21-8-9-22(17-41)37-21/h1-2,7,10,13-15,21-22,37,42H,8-9,11-12,16-19H2,3-4H3. The van der Waals surface area contributed by atoms with E-state index in [9.17, 15) is 9.50 Å². The highest BCUT2D eigenvalue weighted by Crippen LogP contribution is 2.46. The number of aromatic hydroxyl groups is 1. The van der Waals surface area contributed by atoms with Gasteiger partial charge < -0.3 is 25.0 Å². The van der Waals surface area contributed by atoms with Gasteiger partial charge in [-0.3, -0.25) is 0 Å². The smallest absolute Gasteiger partial charge is 0.319 e. The molecule has 8 nitrogen and oxygen atoms in total. The van der Waals surface area contributed by atoms with Crippen LogP contribution in [0.1, 0.15) is 36.8 Å². The van der Waals surface area contributed by atoms with Crippen LogP contribution in [-0.4, -0.2) is 77.4 Å². The SMILES string of the molecule is C#Cc1c(-c2cc(O)cc3ccc(F)c(C#C)c23)cnc2c(N3CC4CCC(C3)N4)nc(OCC3(CN(C)C)CC3)nc12. The van der Waals surface area contributed by atoms with Crippen LogP contribution < -0.4 is 15.0 Å². The predicted molar refractivity (Wildman–Crippen MR) is 166 cm³/mol. The zero-order chi connectivity index (χ0) is 29.9. The van der Waals surface area contributed by atoms with Crippen LogP contribution in [0.5, 0.6) is 11.8 Å². The molecule has 2 unspecified atom stereocenters. The number of nitrogens with one attached hydrogen (secondary N) is 1. The van der Waals surface area contributed by atoms with Crippen LogP contribution in [0.25, 0.3) is 32.9 Å². The molecule has 2 bridgehead atoms. The highest BCUT2D eigenvalue weighted by Gasteiger charge is 2.44. The Morgan fingerprint density at radius 2 is 1.81 bits per heavy atom. The Balaban J connectivity index is 1.41. The second-order valence-corrected chi connectivity index (χ2v) is 12.4. The maximum absolute atomic E-state index is 14.9. The van der Waals surface area contributed by atoms with Crippen LogP contribution in [0, 0.1) is 35.9 Å². The zero-order valence-electron chi connectivity index (χ0n) is 24.3. The van der Waals surface area contributed by atoms with Crippen molar-refractivity contribution in [2.45, 2.75) is 37.8 Å². The molecule has 2 saturated heterocycles. The number of hydrogen-bond donors (Lipinski definition) is 2. The average molecular weight is 577 g/mol. The van der Waals surface area contributed by atoms with E-state index in [2.05, 4.69) is 41.1 Å². The number of rotatable bonds is 7. The summed E-state index contributed by atoms with van der Waals surface area (Å²) in [7, 11) is 4.14. The first-order valence-electron chi connectivity index (χ1n) is 14.7. The third kappa shape index (κ3) is 4.89. The lowest BCUT2D eigenvalue weighted by molar-refractivity contribution is 0.183. The minimum atomic E-state index is -0.529. The van der Waals surface area contributed by atoms with E-state index in [1.165, 1.54) is 12.1 Å². The van der Waals surface area contributed by atoms with Crippen LogP contribution in [0.15, 0.2) is 30.5 Å². The molecule has 1 saturated carbocycles. The molecule has 4 heterocycles. The summed E-state index contributed by atoms with van der Waals surface area (Å²) >= 11 is 0. The Bertz CT molecular complexity index is 1840. The van der Waals surface area contributed by atoms with Crippen LogP contribution in [0.3, 0.4) is 0 Å². The molecule has 218 valence electrons. The first-order valence-corrected chi connectivity index (χ1v) is 14.7. The third-order valence-electron chi connectivity index (χ3n) is 8.94. The number of nitrogens with zero attached hydrogens (tertiary/aromatic N) is 5. The Morgan fingerprint density at radius 3 is 2.49 bits per heavy atom. The lowest BCUT2D eigenvalue weighted by Crippen LogP contribution is -2.51. The number of hydrogen-bond acceptors (Lipinski definition) is 8. The summed E-state index contributed by atoms with van der Waals surface area (Å²) in [6.45, 7) is 3.02. The zero-order valence-corrected chi connectivity index (χ0v) is 24.3. The summed E-state index contributed by atoms with van der Waals surface area (Å²) in [6.07, 6.45) is 18.0. The second-order valence-electron chi connectivity index (χ2n) is 12.4. The normalized spacial score (nSPS) is 20.4. The fraction of sp³-hybridized carbons (Fsp3) is 0.382. The van der Waals surface area contributed by atoms with Gasteiger partial charge in [-0.1, -0.05) is 17.9 Å². The molecule has 0 radical (unpaired) electrons. The number of aromatic nitrogens is 3. The summed E-state index contributed by atoms with van der Waals surface area (Å²) in [5, 5.41) is 15.4. The van der Waals surface area contributed by atoms with Crippen LogP contribution in [0.4, 0.5) is 10.2 Å². The molecule has 0 amide bonds. The summed E-state index contributed by atoms with van der Waals surface area (Å²) in [6, 6.07) is 6.99. The van der Waals surface area contributed by atoms with Gasteiger partial charge in [-0.05, 0) is 68.9 Å². The first kappa shape index (κ1) is 27.4. The van der Waals surface area contributed by atoms with E-state index < -0.39 is 5.82 Å². The molecule has 2 aromatic carbocycles. The number of ether oxygens (including phenoxy) is 1. The lowest BCUT2D eigenvalue weighted by Gasteiger charge is -2.34. The number of phenolic OH excluding ortho intramolecular Hbond substituents is 1. The number of anilines is 1. The summed E-state index contributed by atoms with van der Waals surface area (Å²) in [5.41, 5.74) is 2.67. The maximum atomic E-state index is 14.9. The third-order valence-corrected chi connectivity index (χ3v) is 8.94. The molecule has 0 spiro atoms. The minimum Gasteiger partial charge on any atom is -0.508 e. The van der Waals surface area contributed by atoms with Crippen LogP contribution in [-0.2, 0) is 0 Å². The van der Waals surface area contributed by atoms with Crippen molar-refractivity contribution in [1.29, 1.82) is 0 Å². The number of benzene rings is 2.